The van der Waals surface area contributed by atoms with Crippen LogP contribution in [0.5, 0.6) is 0 Å². The van der Waals surface area contributed by atoms with Gasteiger partial charge in [0, 0.05) is 6.54 Å². The number of rotatable bonds is 5. The van der Waals surface area contributed by atoms with Gasteiger partial charge in [-0.15, -0.1) is 0 Å². The third kappa shape index (κ3) is 2.45. The lowest BCUT2D eigenvalue weighted by Gasteiger charge is -2.07. The zero-order valence-electron chi connectivity index (χ0n) is 10.5. The summed E-state index contributed by atoms with van der Waals surface area (Å²) in [5.41, 5.74) is 7.63. The van der Waals surface area contributed by atoms with Crippen LogP contribution in [0, 0.1) is 0 Å². The van der Waals surface area contributed by atoms with Crippen molar-refractivity contribution >= 4 is 16.9 Å². The van der Waals surface area contributed by atoms with E-state index in [9.17, 15) is 0 Å². The Hall–Kier alpha value is -2.04. The Morgan fingerprint density at radius 3 is 2.94 bits per heavy atom. The first-order valence-corrected chi connectivity index (χ1v) is 6.16. The fraction of sp³-hybridized carbons (Fsp3) is 0.385. The first-order valence-electron chi connectivity index (χ1n) is 6.16. The van der Waals surface area contributed by atoms with Crippen molar-refractivity contribution in [3.8, 4) is 0 Å². The van der Waals surface area contributed by atoms with Gasteiger partial charge in [0.05, 0.1) is 17.5 Å². The number of amidine groups is 1. The van der Waals surface area contributed by atoms with Crippen LogP contribution in [0.25, 0.3) is 11.0 Å². The topological polar surface area (TPSA) is 76.4 Å². The predicted octanol–water partition coefficient (Wildman–Crippen LogP) is 2.13. The highest BCUT2D eigenvalue weighted by atomic mass is 16.4. The van der Waals surface area contributed by atoms with Gasteiger partial charge in [0.1, 0.15) is 11.7 Å². The second kappa shape index (κ2) is 5.53. The van der Waals surface area contributed by atoms with Gasteiger partial charge in [-0.1, -0.05) is 30.6 Å². The van der Waals surface area contributed by atoms with Gasteiger partial charge in [0.25, 0.3) is 0 Å². The average Bonchev–Trinajstić information content (AvgIpc) is 2.73. The Labute approximate surface area is 106 Å². The lowest BCUT2D eigenvalue weighted by molar-refractivity contribution is 0.317. The SMILES string of the molecule is CCCCn1c(CC(N)=NO)nc2ccccc21. The molecule has 1 heterocycles. The van der Waals surface area contributed by atoms with Gasteiger partial charge in [-0.2, -0.15) is 0 Å². The van der Waals surface area contributed by atoms with Gasteiger partial charge in [-0.3, -0.25) is 0 Å². The molecule has 5 heteroatoms. The molecule has 0 aliphatic carbocycles. The first-order chi connectivity index (χ1) is 8.76. The molecular formula is C13H18N4O. The molecule has 1 aromatic heterocycles. The normalized spacial score (nSPS) is 12.2. The van der Waals surface area contributed by atoms with E-state index in [0.29, 0.717) is 6.42 Å². The number of unbranched alkanes of at least 4 members (excludes halogenated alkanes) is 1. The van der Waals surface area contributed by atoms with E-state index in [1.165, 1.54) is 0 Å². The largest absolute Gasteiger partial charge is 0.409 e. The summed E-state index contributed by atoms with van der Waals surface area (Å²) in [6, 6.07) is 7.99. The van der Waals surface area contributed by atoms with Crippen molar-refractivity contribution in [3.63, 3.8) is 0 Å². The quantitative estimate of drug-likeness (QED) is 0.367. The highest BCUT2D eigenvalue weighted by molar-refractivity contribution is 5.83. The lowest BCUT2D eigenvalue weighted by atomic mass is 10.3. The summed E-state index contributed by atoms with van der Waals surface area (Å²) in [7, 11) is 0. The lowest BCUT2D eigenvalue weighted by Crippen LogP contribution is -2.18. The molecule has 0 saturated carbocycles. The molecule has 2 aromatic rings. The second-order valence-corrected chi connectivity index (χ2v) is 4.29. The van der Waals surface area contributed by atoms with Crippen molar-refractivity contribution in [2.45, 2.75) is 32.7 Å². The minimum atomic E-state index is 0.183. The van der Waals surface area contributed by atoms with Gasteiger partial charge < -0.3 is 15.5 Å². The molecule has 96 valence electrons. The molecule has 3 N–H and O–H groups in total. The summed E-state index contributed by atoms with van der Waals surface area (Å²) in [5, 5.41) is 11.7. The molecule has 1 aromatic carbocycles. The molecule has 0 spiro atoms. The first kappa shape index (κ1) is 12.4. The van der Waals surface area contributed by atoms with Gasteiger partial charge >= 0.3 is 0 Å². The average molecular weight is 246 g/mol. The number of nitrogens with two attached hydrogens (primary N) is 1. The van der Waals surface area contributed by atoms with E-state index in [-0.39, 0.29) is 5.84 Å². The number of nitrogens with zero attached hydrogens (tertiary/aromatic N) is 3. The van der Waals surface area contributed by atoms with E-state index < -0.39 is 0 Å². The van der Waals surface area contributed by atoms with E-state index in [1.54, 1.807) is 0 Å². The summed E-state index contributed by atoms with van der Waals surface area (Å²) in [5.74, 6) is 1.03. The molecule has 0 fully saturated rings. The molecule has 0 aliphatic rings. The van der Waals surface area contributed by atoms with Crippen LogP contribution in [0.2, 0.25) is 0 Å². The van der Waals surface area contributed by atoms with E-state index in [4.69, 9.17) is 10.9 Å². The summed E-state index contributed by atoms with van der Waals surface area (Å²) < 4.78 is 2.15. The number of hydrogen-bond acceptors (Lipinski definition) is 3. The van der Waals surface area contributed by atoms with E-state index in [0.717, 1.165) is 36.2 Å². The smallest absolute Gasteiger partial charge is 0.146 e. The van der Waals surface area contributed by atoms with E-state index >= 15 is 0 Å². The molecule has 0 atom stereocenters. The molecule has 0 bridgehead atoms. The fourth-order valence-corrected chi connectivity index (χ4v) is 2.02. The molecule has 0 radical (unpaired) electrons. The van der Waals surface area contributed by atoms with Gasteiger partial charge in [0.15, 0.2) is 0 Å². The number of hydrogen-bond donors (Lipinski definition) is 2. The predicted molar refractivity (Wildman–Crippen MR) is 71.8 cm³/mol. The van der Waals surface area contributed by atoms with E-state index in [2.05, 4.69) is 21.6 Å². The van der Waals surface area contributed by atoms with Crippen LogP contribution >= 0.6 is 0 Å². The molecule has 2 rings (SSSR count). The minimum Gasteiger partial charge on any atom is -0.409 e. The zero-order chi connectivity index (χ0) is 13.0. The zero-order valence-corrected chi connectivity index (χ0v) is 10.5. The number of aromatic nitrogens is 2. The highest BCUT2D eigenvalue weighted by Crippen LogP contribution is 2.17. The van der Waals surface area contributed by atoms with Crippen molar-refractivity contribution in [3.05, 3.63) is 30.1 Å². The Bertz CT molecular complexity index is 559. The maximum Gasteiger partial charge on any atom is 0.146 e. The number of fused-ring (bicyclic) bond motifs is 1. The van der Waals surface area contributed by atoms with Crippen LogP contribution in [0.15, 0.2) is 29.4 Å². The van der Waals surface area contributed by atoms with Crippen LogP contribution in [-0.4, -0.2) is 20.6 Å². The molecule has 5 nitrogen and oxygen atoms in total. The van der Waals surface area contributed by atoms with Crippen molar-refractivity contribution in [2.24, 2.45) is 10.9 Å². The molecule has 0 amide bonds. The Morgan fingerprint density at radius 2 is 2.22 bits per heavy atom. The third-order valence-electron chi connectivity index (χ3n) is 2.94. The van der Waals surface area contributed by atoms with E-state index in [1.807, 2.05) is 24.3 Å². The number of oxime groups is 1. The van der Waals surface area contributed by atoms with Gasteiger partial charge in [0.2, 0.25) is 0 Å². The molecule has 0 saturated heterocycles. The number of imidazole rings is 1. The van der Waals surface area contributed by atoms with Crippen LogP contribution in [0.4, 0.5) is 0 Å². The highest BCUT2D eigenvalue weighted by Gasteiger charge is 2.11. The molecule has 18 heavy (non-hydrogen) atoms. The number of aryl methyl sites for hydroxylation is 1. The minimum absolute atomic E-state index is 0.183. The number of benzene rings is 1. The van der Waals surface area contributed by atoms with Crippen molar-refractivity contribution in [1.29, 1.82) is 0 Å². The van der Waals surface area contributed by atoms with Gasteiger partial charge in [-0.25, -0.2) is 4.98 Å². The standard InChI is InChI=1S/C13H18N4O/c1-2-3-8-17-11-7-5-4-6-10(11)15-13(17)9-12(14)16-18/h4-7,18H,2-3,8-9H2,1H3,(H2,14,16). The van der Waals surface area contributed by atoms with Crippen molar-refractivity contribution in [1.82, 2.24) is 9.55 Å². The number of para-hydroxylation sites is 2. The second-order valence-electron chi connectivity index (χ2n) is 4.29. The summed E-state index contributed by atoms with van der Waals surface area (Å²) in [4.78, 5) is 4.54. The van der Waals surface area contributed by atoms with Crippen LogP contribution in [0.1, 0.15) is 25.6 Å². The van der Waals surface area contributed by atoms with Crippen molar-refractivity contribution in [2.75, 3.05) is 0 Å². The van der Waals surface area contributed by atoms with Crippen molar-refractivity contribution < 1.29 is 5.21 Å². The maximum atomic E-state index is 8.66. The molecule has 0 unspecified atom stereocenters. The van der Waals surface area contributed by atoms with Gasteiger partial charge in [-0.05, 0) is 18.6 Å². The Kier molecular flexibility index (Phi) is 3.82. The van der Waals surface area contributed by atoms with Crippen LogP contribution < -0.4 is 5.73 Å². The van der Waals surface area contributed by atoms with Crippen LogP contribution in [-0.2, 0) is 13.0 Å². The fourth-order valence-electron chi connectivity index (χ4n) is 2.02. The third-order valence-corrected chi connectivity index (χ3v) is 2.94. The summed E-state index contributed by atoms with van der Waals surface area (Å²) in [6.07, 6.45) is 2.58. The van der Waals surface area contributed by atoms with Crippen LogP contribution in [0.3, 0.4) is 0 Å². The maximum absolute atomic E-state index is 8.66. The molecule has 0 aliphatic heterocycles. The summed E-state index contributed by atoms with van der Waals surface area (Å²) in [6.45, 7) is 3.06. The monoisotopic (exact) mass is 246 g/mol. The Balaban J connectivity index is 2.42. The summed E-state index contributed by atoms with van der Waals surface area (Å²) >= 11 is 0. The Morgan fingerprint density at radius 1 is 1.44 bits per heavy atom. The molecular weight excluding hydrogens is 228 g/mol.